The van der Waals surface area contributed by atoms with E-state index in [1.165, 1.54) is 19.1 Å². The molecule has 88 valence electrons. The van der Waals surface area contributed by atoms with Crippen LogP contribution in [0.15, 0.2) is 40.4 Å². The number of nitrogens with zero attached hydrogens (tertiary/aromatic N) is 1. The number of hydrogen-bond donors (Lipinski definition) is 0. The fraction of sp³-hybridized carbons (Fsp3) is 0.300. The van der Waals surface area contributed by atoms with Crippen molar-refractivity contribution in [3.05, 3.63) is 30.3 Å². The largest absolute Gasteiger partial charge is 0.479 e. The van der Waals surface area contributed by atoms with Gasteiger partial charge in [-0.05, 0) is 24.2 Å². The molecule has 0 spiro atoms. The molecular formula is C10H13NO4S. The van der Waals surface area contributed by atoms with Gasteiger partial charge in [-0.2, -0.15) is 8.42 Å². The summed E-state index contributed by atoms with van der Waals surface area (Å²) in [4.78, 5) is 0.0584. The highest BCUT2D eigenvalue weighted by atomic mass is 32.2. The van der Waals surface area contributed by atoms with Gasteiger partial charge in [-0.1, -0.05) is 18.2 Å². The summed E-state index contributed by atoms with van der Waals surface area (Å²) in [5.74, 6) is 0.169. The predicted molar refractivity (Wildman–Crippen MR) is 59.4 cm³/mol. The average Bonchev–Trinajstić information content (AvgIpc) is 2.28. The van der Waals surface area contributed by atoms with Crippen molar-refractivity contribution in [3.8, 4) is 0 Å². The number of rotatable bonds is 4. The van der Waals surface area contributed by atoms with Crippen LogP contribution in [0.5, 0.6) is 0 Å². The standard InChI is InChI=1S/C10H13NO4S/c1-3-14-9(2)11-15-16(12,13)10-7-5-4-6-8-10/h4-8H,3H2,1-2H3/b11-9+. The molecule has 6 heteroatoms. The van der Waals surface area contributed by atoms with E-state index in [1.807, 2.05) is 0 Å². The lowest BCUT2D eigenvalue weighted by Crippen LogP contribution is -2.06. The third-order valence-corrected chi connectivity index (χ3v) is 2.77. The van der Waals surface area contributed by atoms with Crippen molar-refractivity contribution >= 4 is 16.0 Å². The molecule has 0 saturated heterocycles. The number of ether oxygens (including phenoxy) is 1. The molecule has 0 saturated carbocycles. The lowest BCUT2D eigenvalue weighted by Gasteiger charge is -2.03. The van der Waals surface area contributed by atoms with E-state index in [0.29, 0.717) is 6.61 Å². The first-order chi connectivity index (χ1) is 7.56. The zero-order valence-electron chi connectivity index (χ0n) is 9.08. The first kappa shape index (κ1) is 12.5. The molecular weight excluding hydrogens is 230 g/mol. The van der Waals surface area contributed by atoms with Crippen LogP contribution in [0.4, 0.5) is 0 Å². The van der Waals surface area contributed by atoms with Gasteiger partial charge in [0.05, 0.1) is 6.61 Å². The van der Waals surface area contributed by atoms with Gasteiger partial charge in [0.15, 0.2) is 0 Å². The molecule has 0 fully saturated rings. The van der Waals surface area contributed by atoms with Crippen molar-refractivity contribution < 1.29 is 17.4 Å². The molecule has 0 radical (unpaired) electrons. The maximum absolute atomic E-state index is 11.6. The van der Waals surface area contributed by atoms with E-state index in [9.17, 15) is 8.42 Å². The van der Waals surface area contributed by atoms with E-state index in [-0.39, 0.29) is 10.8 Å². The minimum absolute atomic E-state index is 0.0584. The van der Waals surface area contributed by atoms with Crippen LogP contribution < -0.4 is 0 Å². The third kappa shape index (κ3) is 3.54. The SMILES string of the molecule is CCO/C(C)=N/OS(=O)(=O)c1ccccc1. The van der Waals surface area contributed by atoms with Gasteiger partial charge in [-0.15, -0.1) is 0 Å². The van der Waals surface area contributed by atoms with Crippen molar-refractivity contribution in [1.29, 1.82) is 0 Å². The molecule has 0 amide bonds. The topological polar surface area (TPSA) is 65.0 Å². The van der Waals surface area contributed by atoms with Crippen molar-refractivity contribution in [2.45, 2.75) is 18.7 Å². The van der Waals surface area contributed by atoms with Crippen LogP contribution in [0.1, 0.15) is 13.8 Å². The summed E-state index contributed by atoms with van der Waals surface area (Å²) in [6.07, 6.45) is 0. The maximum Gasteiger partial charge on any atom is 0.358 e. The molecule has 0 aliphatic carbocycles. The Bertz CT molecular complexity index is 453. The van der Waals surface area contributed by atoms with Crippen molar-refractivity contribution in [2.75, 3.05) is 6.61 Å². The second-order valence-corrected chi connectivity index (χ2v) is 4.41. The van der Waals surface area contributed by atoms with Gasteiger partial charge in [0.1, 0.15) is 4.90 Å². The van der Waals surface area contributed by atoms with E-state index in [0.717, 1.165) is 0 Å². The van der Waals surface area contributed by atoms with Gasteiger partial charge >= 0.3 is 10.1 Å². The molecule has 0 aliphatic rings. The molecule has 0 unspecified atom stereocenters. The fourth-order valence-electron chi connectivity index (χ4n) is 0.967. The van der Waals surface area contributed by atoms with Crippen LogP contribution in [0, 0.1) is 0 Å². The summed E-state index contributed by atoms with van der Waals surface area (Å²) in [7, 11) is -3.84. The Hall–Kier alpha value is -1.56. The normalized spacial score (nSPS) is 12.2. The van der Waals surface area contributed by atoms with Crippen LogP contribution in [-0.2, 0) is 19.1 Å². The van der Waals surface area contributed by atoms with E-state index in [1.54, 1.807) is 25.1 Å². The summed E-state index contributed by atoms with van der Waals surface area (Å²) in [5.41, 5.74) is 0. The second-order valence-electron chi connectivity index (χ2n) is 2.89. The van der Waals surface area contributed by atoms with Crippen LogP contribution in [-0.4, -0.2) is 20.9 Å². The van der Waals surface area contributed by atoms with Crippen LogP contribution in [0.25, 0.3) is 0 Å². The molecule has 0 N–H and O–H groups in total. The highest BCUT2D eigenvalue weighted by Gasteiger charge is 2.14. The first-order valence-corrected chi connectivity index (χ1v) is 6.13. The quantitative estimate of drug-likeness (QED) is 0.459. The highest BCUT2D eigenvalue weighted by Crippen LogP contribution is 2.11. The number of benzene rings is 1. The molecule has 5 nitrogen and oxygen atoms in total. The van der Waals surface area contributed by atoms with E-state index in [4.69, 9.17) is 4.74 Å². The summed E-state index contributed by atoms with van der Waals surface area (Å²) < 4.78 is 32.5. The first-order valence-electron chi connectivity index (χ1n) is 4.72. The van der Waals surface area contributed by atoms with Gasteiger partial charge in [0.25, 0.3) is 0 Å². The van der Waals surface area contributed by atoms with Gasteiger partial charge in [0, 0.05) is 6.92 Å². The molecule has 1 aromatic carbocycles. The van der Waals surface area contributed by atoms with Crippen molar-refractivity contribution in [2.24, 2.45) is 5.16 Å². The molecule has 1 rings (SSSR count). The number of oxime groups is 1. The molecule has 16 heavy (non-hydrogen) atoms. The zero-order chi connectivity index (χ0) is 12.0. The van der Waals surface area contributed by atoms with Crippen LogP contribution in [0.2, 0.25) is 0 Å². The van der Waals surface area contributed by atoms with Crippen molar-refractivity contribution in [3.63, 3.8) is 0 Å². The molecule has 0 atom stereocenters. The Morgan fingerprint density at radius 1 is 1.31 bits per heavy atom. The summed E-state index contributed by atoms with van der Waals surface area (Å²) >= 11 is 0. The monoisotopic (exact) mass is 243 g/mol. The Morgan fingerprint density at radius 3 is 2.50 bits per heavy atom. The molecule has 0 aliphatic heterocycles. The predicted octanol–water partition coefficient (Wildman–Crippen LogP) is 1.76. The molecule has 0 aromatic heterocycles. The Labute approximate surface area is 94.8 Å². The second kappa shape index (κ2) is 5.50. The molecule has 0 heterocycles. The van der Waals surface area contributed by atoms with Crippen LogP contribution >= 0.6 is 0 Å². The summed E-state index contributed by atoms with van der Waals surface area (Å²) in [6.45, 7) is 3.69. The van der Waals surface area contributed by atoms with E-state index >= 15 is 0 Å². The Morgan fingerprint density at radius 2 is 1.94 bits per heavy atom. The maximum atomic E-state index is 11.6. The van der Waals surface area contributed by atoms with Gasteiger partial charge in [-0.3, -0.25) is 4.28 Å². The van der Waals surface area contributed by atoms with E-state index in [2.05, 4.69) is 9.44 Å². The smallest absolute Gasteiger partial charge is 0.358 e. The lowest BCUT2D eigenvalue weighted by atomic mass is 10.4. The highest BCUT2D eigenvalue weighted by molar-refractivity contribution is 7.86. The van der Waals surface area contributed by atoms with Gasteiger partial charge in [-0.25, -0.2) is 0 Å². The van der Waals surface area contributed by atoms with Crippen molar-refractivity contribution in [1.82, 2.24) is 0 Å². The Balaban J connectivity index is 2.78. The summed E-state index contributed by atoms with van der Waals surface area (Å²) in [5, 5.41) is 3.37. The minimum Gasteiger partial charge on any atom is -0.479 e. The summed E-state index contributed by atoms with van der Waals surface area (Å²) in [6, 6.07) is 7.79. The number of hydrogen-bond acceptors (Lipinski definition) is 5. The average molecular weight is 243 g/mol. The van der Waals surface area contributed by atoms with E-state index < -0.39 is 10.1 Å². The van der Waals surface area contributed by atoms with Gasteiger partial charge < -0.3 is 4.74 Å². The third-order valence-electron chi connectivity index (χ3n) is 1.65. The fourth-order valence-corrected chi connectivity index (χ4v) is 1.75. The lowest BCUT2D eigenvalue weighted by molar-refractivity contribution is 0.277. The van der Waals surface area contributed by atoms with Gasteiger partial charge in [0.2, 0.25) is 5.90 Å². The van der Waals surface area contributed by atoms with Crippen LogP contribution in [0.3, 0.4) is 0 Å². The zero-order valence-corrected chi connectivity index (χ0v) is 9.90. The Kier molecular flexibility index (Phi) is 4.30. The minimum atomic E-state index is -3.84. The molecule has 1 aromatic rings. The molecule has 0 bridgehead atoms.